The maximum Gasteiger partial charge on any atom is 0.0959 e. The Bertz CT molecular complexity index is 340. The molecular weight excluding hydrogens is 240 g/mol. The molecule has 0 aliphatic heterocycles. The smallest absolute Gasteiger partial charge is 0.0959 e. The van der Waals surface area contributed by atoms with Crippen molar-refractivity contribution in [2.75, 3.05) is 6.54 Å². The van der Waals surface area contributed by atoms with E-state index in [1.807, 2.05) is 11.3 Å². The van der Waals surface area contributed by atoms with Crippen molar-refractivity contribution >= 4 is 11.3 Å². The molecule has 2 nitrogen and oxygen atoms in total. The van der Waals surface area contributed by atoms with Gasteiger partial charge in [0.25, 0.3) is 0 Å². The predicted octanol–water partition coefficient (Wildman–Crippen LogP) is 4.64. The van der Waals surface area contributed by atoms with E-state index in [-0.39, 0.29) is 0 Å². The summed E-state index contributed by atoms with van der Waals surface area (Å²) in [6, 6.07) is 0.403. The minimum absolute atomic E-state index is 0.403. The van der Waals surface area contributed by atoms with Gasteiger partial charge in [0, 0.05) is 17.3 Å². The van der Waals surface area contributed by atoms with Gasteiger partial charge < -0.3 is 5.32 Å². The molecule has 18 heavy (non-hydrogen) atoms. The molecule has 1 aromatic heterocycles. The van der Waals surface area contributed by atoms with E-state index >= 15 is 0 Å². The topological polar surface area (TPSA) is 24.9 Å². The highest BCUT2D eigenvalue weighted by atomic mass is 32.1. The fourth-order valence-electron chi connectivity index (χ4n) is 2.68. The minimum atomic E-state index is 0.403. The highest BCUT2D eigenvalue weighted by molar-refractivity contribution is 7.09. The zero-order chi connectivity index (χ0) is 12.8. The summed E-state index contributed by atoms with van der Waals surface area (Å²) in [5.74, 6) is 0.740. The van der Waals surface area contributed by atoms with Crippen LogP contribution in [0.5, 0.6) is 0 Å². The van der Waals surface area contributed by atoms with Gasteiger partial charge in [-0.05, 0) is 32.7 Å². The average Bonchev–Trinajstić information content (AvgIpc) is 2.72. The Morgan fingerprint density at radius 3 is 2.72 bits per heavy atom. The summed E-state index contributed by atoms with van der Waals surface area (Å²) >= 11 is 1.88. The molecule has 1 unspecified atom stereocenters. The number of hydrogen-bond acceptors (Lipinski definition) is 3. The number of nitrogens with zero attached hydrogens (tertiary/aromatic N) is 1. The second-order valence-corrected chi connectivity index (χ2v) is 6.36. The molecule has 1 fully saturated rings. The Labute approximate surface area is 115 Å². The normalized spacial score (nSPS) is 19.7. The van der Waals surface area contributed by atoms with E-state index in [4.69, 9.17) is 4.98 Å². The van der Waals surface area contributed by atoms with Crippen LogP contribution < -0.4 is 5.32 Å². The monoisotopic (exact) mass is 266 g/mol. The summed E-state index contributed by atoms with van der Waals surface area (Å²) in [4.78, 5) is 4.88. The van der Waals surface area contributed by atoms with Crippen LogP contribution >= 0.6 is 11.3 Å². The van der Waals surface area contributed by atoms with Crippen LogP contribution in [0.4, 0.5) is 0 Å². The van der Waals surface area contributed by atoms with E-state index < -0.39 is 0 Å². The van der Waals surface area contributed by atoms with Crippen molar-refractivity contribution in [1.29, 1.82) is 0 Å². The van der Waals surface area contributed by atoms with Crippen molar-refractivity contribution in [3.63, 3.8) is 0 Å². The van der Waals surface area contributed by atoms with Crippen LogP contribution in [0.25, 0.3) is 0 Å². The SMILES string of the molecule is CCCNC(C)c1csc(C2CCCCCC2)n1. The molecule has 102 valence electrons. The molecule has 1 aliphatic rings. The molecule has 1 aliphatic carbocycles. The van der Waals surface area contributed by atoms with Crippen LogP contribution in [0, 0.1) is 0 Å². The highest BCUT2D eigenvalue weighted by Gasteiger charge is 2.18. The molecule has 1 aromatic rings. The second kappa shape index (κ2) is 7.25. The molecule has 1 N–H and O–H groups in total. The Hall–Kier alpha value is -0.410. The van der Waals surface area contributed by atoms with Crippen molar-refractivity contribution in [3.05, 3.63) is 16.1 Å². The van der Waals surface area contributed by atoms with Gasteiger partial charge in [-0.2, -0.15) is 0 Å². The maximum atomic E-state index is 4.88. The first-order valence-corrected chi connectivity index (χ1v) is 8.38. The van der Waals surface area contributed by atoms with Crippen LogP contribution in [0.3, 0.4) is 0 Å². The van der Waals surface area contributed by atoms with Crippen LogP contribution in [0.1, 0.15) is 81.5 Å². The number of thiazole rings is 1. The van der Waals surface area contributed by atoms with Gasteiger partial charge in [-0.25, -0.2) is 4.98 Å². The standard InChI is InChI=1S/C15H26N2S/c1-3-10-16-12(2)14-11-18-15(17-14)13-8-6-4-5-7-9-13/h11-13,16H,3-10H2,1-2H3. The third kappa shape index (κ3) is 3.79. The molecule has 1 saturated carbocycles. The van der Waals surface area contributed by atoms with E-state index in [1.54, 1.807) is 0 Å². The molecule has 1 heterocycles. The molecule has 0 radical (unpaired) electrons. The highest BCUT2D eigenvalue weighted by Crippen LogP contribution is 2.34. The van der Waals surface area contributed by atoms with Gasteiger partial charge in [0.1, 0.15) is 0 Å². The van der Waals surface area contributed by atoms with E-state index in [0.29, 0.717) is 6.04 Å². The van der Waals surface area contributed by atoms with E-state index in [0.717, 1.165) is 12.5 Å². The van der Waals surface area contributed by atoms with Crippen molar-refractivity contribution in [3.8, 4) is 0 Å². The maximum absolute atomic E-state index is 4.88. The molecule has 0 aromatic carbocycles. The van der Waals surface area contributed by atoms with Gasteiger partial charge in [0.15, 0.2) is 0 Å². The van der Waals surface area contributed by atoms with Gasteiger partial charge >= 0.3 is 0 Å². The first-order valence-electron chi connectivity index (χ1n) is 7.50. The third-order valence-corrected chi connectivity index (χ3v) is 4.91. The van der Waals surface area contributed by atoms with Crippen LogP contribution in [-0.2, 0) is 0 Å². The first kappa shape index (κ1) is 14.0. The molecular formula is C15H26N2S. The average molecular weight is 266 g/mol. The summed E-state index contributed by atoms with van der Waals surface area (Å²) in [6.07, 6.45) is 9.51. The summed E-state index contributed by atoms with van der Waals surface area (Å²) in [7, 11) is 0. The van der Waals surface area contributed by atoms with E-state index in [9.17, 15) is 0 Å². The second-order valence-electron chi connectivity index (χ2n) is 5.47. The lowest BCUT2D eigenvalue weighted by atomic mass is 10.0. The molecule has 0 spiro atoms. The fraction of sp³-hybridized carbons (Fsp3) is 0.800. The largest absolute Gasteiger partial charge is 0.309 e. The van der Waals surface area contributed by atoms with Crippen molar-refractivity contribution in [2.45, 2.75) is 70.8 Å². The zero-order valence-corrected chi connectivity index (χ0v) is 12.6. The van der Waals surface area contributed by atoms with Crippen LogP contribution in [-0.4, -0.2) is 11.5 Å². The number of nitrogens with one attached hydrogen (secondary N) is 1. The summed E-state index contributed by atoms with van der Waals surface area (Å²) in [5.41, 5.74) is 1.24. The van der Waals surface area contributed by atoms with Crippen molar-refractivity contribution in [1.82, 2.24) is 10.3 Å². The zero-order valence-electron chi connectivity index (χ0n) is 11.7. The van der Waals surface area contributed by atoms with Crippen molar-refractivity contribution < 1.29 is 0 Å². The predicted molar refractivity (Wildman–Crippen MR) is 79.3 cm³/mol. The van der Waals surface area contributed by atoms with E-state index in [2.05, 4.69) is 24.5 Å². The fourth-order valence-corrected chi connectivity index (χ4v) is 3.76. The Balaban J connectivity index is 1.95. The van der Waals surface area contributed by atoms with Gasteiger partial charge in [-0.3, -0.25) is 0 Å². The summed E-state index contributed by atoms with van der Waals surface area (Å²) < 4.78 is 0. The molecule has 1 atom stereocenters. The molecule has 0 saturated heterocycles. The Morgan fingerprint density at radius 1 is 1.33 bits per heavy atom. The summed E-state index contributed by atoms with van der Waals surface area (Å²) in [6.45, 7) is 5.51. The summed E-state index contributed by atoms with van der Waals surface area (Å²) in [5, 5.41) is 7.16. The number of hydrogen-bond donors (Lipinski definition) is 1. The van der Waals surface area contributed by atoms with Gasteiger partial charge in [0.2, 0.25) is 0 Å². The van der Waals surface area contributed by atoms with Gasteiger partial charge in [0.05, 0.1) is 10.7 Å². The Morgan fingerprint density at radius 2 is 2.06 bits per heavy atom. The van der Waals surface area contributed by atoms with Gasteiger partial charge in [-0.15, -0.1) is 11.3 Å². The van der Waals surface area contributed by atoms with E-state index in [1.165, 1.54) is 55.6 Å². The third-order valence-electron chi connectivity index (χ3n) is 3.89. The molecule has 2 rings (SSSR count). The lowest BCUT2D eigenvalue weighted by Crippen LogP contribution is -2.19. The lowest BCUT2D eigenvalue weighted by molar-refractivity contribution is 0.550. The van der Waals surface area contributed by atoms with Crippen molar-refractivity contribution in [2.24, 2.45) is 0 Å². The van der Waals surface area contributed by atoms with Crippen LogP contribution in [0.2, 0.25) is 0 Å². The van der Waals surface area contributed by atoms with Gasteiger partial charge in [-0.1, -0.05) is 32.6 Å². The minimum Gasteiger partial charge on any atom is -0.309 e. The molecule has 3 heteroatoms. The molecule has 0 amide bonds. The Kier molecular flexibility index (Phi) is 5.64. The molecule has 0 bridgehead atoms. The number of rotatable bonds is 5. The first-order chi connectivity index (χ1) is 8.81. The lowest BCUT2D eigenvalue weighted by Gasteiger charge is -2.12. The quantitative estimate of drug-likeness (QED) is 0.785. The number of aromatic nitrogens is 1. The van der Waals surface area contributed by atoms with Crippen LogP contribution in [0.15, 0.2) is 5.38 Å².